The first kappa shape index (κ1) is 19.2. The minimum atomic E-state index is -0.854. The van der Waals surface area contributed by atoms with Gasteiger partial charge in [-0.2, -0.15) is 5.26 Å². The quantitative estimate of drug-likeness (QED) is 0.466. The summed E-state index contributed by atoms with van der Waals surface area (Å²) < 4.78 is 1.12. The number of imidazole rings is 1. The van der Waals surface area contributed by atoms with Gasteiger partial charge in [-0.3, -0.25) is 14.2 Å². The summed E-state index contributed by atoms with van der Waals surface area (Å²) in [4.78, 5) is 32.9. The van der Waals surface area contributed by atoms with E-state index in [0.717, 1.165) is 10.1 Å². The fourth-order valence-electron chi connectivity index (χ4n) is 3.38. The van der Waals surface area contributed by atoms with Gasteiger partial charge in [0.05, 0.1) is 23.1 Å². The van der Waals surface area contributed by atoms with Gasteiger partial charge in [-0.15, -0.1) is 0 Å². The van der Waals surface area contributed by atoms with Gasteiger partial charge in [0.2, 0.25) is 0 Å². The zero-order chi connectivity index (χ0) is 21.4. The van der Waals surface area contributed by atoms with Crippen molar-refractivity contribution in [3.8, 4) is 17.2 Å². The van der Waals surface area contributed by atoms with Gasteiger partial charge in [0.1, 0.15) is 23.3 Å². The van der Waals surface area contributed by atoms with Gasteiger partial charge in [0.15, 0.2) is 0 Å². The molecule has 4 rings (SSSR count). The first-order chi connectivity index (χ1) is 14.4. The molecule has 4 aromatic rings. The van der Waals surface area contributed by atoms with Crippen molar-refractivity contribution in [1.29, 1.82) is 5.26 Å². The van der Waals surface area contributed by atoms with Crippen molar-refractivity contribution < 1.29 is 4.79 Å². The van der Waals surface area contributed by atoms with Crippen LogP contribution in [0.1, 0.15) is 21.7 Å². The molecule has 0 aliphatic heterocycles. The van der Waals surface area contributed by atoms with Crippen molar-refractivity contribution in [2.45, 2.75) is 6.54 Å². The van der Waals surface area contributed by atoms with Crippen LogP contribution in [0.25, 0.3) is 22.2 Å². The zero-order valence-electron chi connectivity index (χ0n) is 15.5. The summed E-state index contributed by atoms with van der Waals surface area (Å²) in [6.45, 7) is -0.0603. The number of nitrogens with zero attached hydrogens (tertiary/aromatic N) is 3. The summed E-state index contributed by atoms with van der Waals surface area (Å²) in [5.41, 5.74) is 12.8. The number of aromatic nitrogens is 3. The van der Waals surface area contributed by atoms with E-state index >= 15 is 0 Å². The number of nitrogens with two attached hydrogens (primary N) is 2. The number of fused-ring (bicyclic) bond motifs is 1. The summed E-state index contributed by atoms with van der Waals surface area (Å²) >= 11 is 5.93. The van der Waals surface area contributed by atoms with E-state index in [9.17, 15) is 14.9 Å². The average Bonchev–Trinajstić information content (AvgIpc) is 3.13. The molecule has 0 aliphatic carbocycles. The van der Waals surface area contributed by atoms with Crippen LogP contribution in [-0.2, 0) is 6.54 Å². The van der Waals surface area contributed by atoms with Crippen molar-refractivity contribution in [2.75, 3.05) is 5.73 Å². The Balaban J connectivity index is 1.95. The van der Waals surface area contributed by atoms with E-state index in [1.54, 1.807) is 24.3 Å². The van der Waals surface area contributed by atoms with Crippen molar-refractivity contribution in [2.24, 2.45) is 5.73 Å². The number of hydrogen-bond acceptors (Lipinski definition) is 5. The van der Waals surface area contributed by atoms with E-state index in [2.05, 4.69) is 9.97 Å². The number of halogens is 1. The third kappa shape index (κ3) is 3.17. The SMILES string of the molecule is N#Cc1c(-c2ccc(Cl)cc2)c(C(N)=O)c(N)n(Cc2nc3ccccc3[nH]2)c1=O. The maximum atomic E-state index is 13.1. The highest BCUT2D eigenvalue weighted by molar-refractivity contribution is 6.30. The smallest absolute Gasteiger partial charge is 0.271 e. The van der Waals surface area contributed by atoms with Gasteiger partial charge < -0.3 is 16.5 Å². The molecule has 1 amide bonds. The summed E-state index contributed by atoms with van der Waals surface area (Å²) in [6, 6.07) is 15.6. The number of nitrogen functional groups attached to an aromatic ring is 1. The van der Waals surface area contributed by atoms with Crippen molar-refractivity contribution in [3.63, 3.8) is 0 Å². The van der Waals surface area contributed by atoms with Gasteiger partial charge in [0, 0.05) is 10.6 Å². The Morgan fingerprint density at radius 3 is 2.53 bits per heavy atom. The molecule has 0 unspecified atom stereocenters. The molecule has 9 heteroatoms. The van der Waals surface area contributed by atoms with E-state index in [1.807, 2.05) is 30.3 Å². The third-order valence-corrected chi connectivity index (χ3v) is 5.00. The minimum absolute atomic E-state index is 0.0603. The molecule has 0 saturated heterocycles. The number of H-pyrrole nitrogens is 1. The third-order valence-electron chi connectivity index (χ3n) is 4.74. The van der Waals surface area contributed by atoms with Crippen LogP contribution in [0.15, 0.2) is 53.3 Å². The summed E-state index contributed by atoms with van der Waals surface area (Å²) in [6.07, 6.45) is 0. The number of carbonyl (C=O) groups excluding carboxylic acids is 1. The van der Waals surface area contributed by atoms with E-state index in [-0.39, 0.29) is 29.1 Å². The lowest BCUT2D eigenvalue weighted by atomic mass is 9.95. The van der Waals surface area contributed by atoms with Crippen molar-refractivity contribution in [3.05, 3.63) is 80.9 Å². The summed E-state index contributed by atoms with van der Waals surface area (Å²) in [7, 11) is 0. The van der Waals surface area contributed by atoms with Gasteiger partial charge >= 0.3 is 0 Å². The molecule has 5 N–H and O–H groups in total. The van der Waals surface area contributed by atoms with Gasteiger partial charge in [-0.1, -0.05) is 35.9 Å². The molecule has 30 heavy (non-hydrogen) atoms. The van der Waals surface area contributed by atoms with Crippen LogP contribution in [0.4, 0.5) is 5.82 Å². The predicted octanol–water partition coefficient (Wildman–Crippen LogP) is 2.65. The largest absolute Gasteiger partial charge is 0.384 e. The van der Waals surface area contributed by atoms with E-state index in [1.165, 1.54) is 0 Å². The number of benzene rings is 2. The zero-order valence-corrected chi connectivity index (χ0v) is 16.3. The Morgan fingerprint density at radius 1 is 1.20 bits per heavy atom. The fourth-order valence-corrected chi connectivity index (χ4v) is 3.51. The van der Waals surface area contributed by atoms with Crippen molar-refractivity contribution >= 4 is 34.4 Å². The summed E-state index contributed by atoms with van der Waals surface area (Å²) in [5, 5.41) is 10.2. The highest BCUT2D eigenvalue weighted by Crippen LogP contribution is 2.30. The molecule has 0 atom stereocenters. The number of rotatable bonds is 4. The Morgan fingerprint density at radius 2 is 1.90 bits per heavy atom. The molecule has 0 fully saturated rings. The fraction of sp³-hybridized carbons (Fsp3) is 0.0476. The number of hydrogen-bond donors (Lipinski definition) is 3. The first-order valence-corrected chi connectivity index (χ1v) is 9.24. The summed E-state index contributed by atoms with van der Waals surface area (Å²) in [5.74, 6) is -0.548. The van der Waals surface area contributed by atoms with E-state index in [0.29, 0.717) is 21.9 Å². The number of primary amides is 1. The number of anilines is 1. The molecule has 2 aromatic carbocycles. The Bertz CT molecular complexity index is 1360. The Hall–Kier alpha value is -4.09. The van der Waals surface area contributed by atoms with Crippen LogP contribution in [-0.4, -0.2) is 20.4 Å². The molecule has 148 valence electrons. The predicted molar refractivity (Wildman–Crippen MR) is 114 cm³/mol. The lowest BCUT2D eigenvalue weighted by molar-refractivity contribution is 0.100. The normalized spacial score (nSPS) is 10.8. The second-order valence-corrected chi connectivity index (χ2v) is 7.02. The lowest BCUT2D eigenvalue weighted by Gasteiger charge is -2.17. The van der Waals surface area contributed by atoms with Crippen LogP contribution in [0.5, 0.6) is 0 Å². The molecule has 2 heterocycles. The Kier molecular flexibility index (Phi) is 4.74. The highest BCUT2D eigenvalue weighted by Gasteiger charge is 2.25. The molecule has 0 bridgehead atoms. The number of pyridine rings is 1. The number of carbonyl (C=O) groups is 1. The molecular weight excluding hydrogens is 404 g/mol. The molecule has 2 aromatic heterocycles. The van der Waals surface area contributed by atoms with Crippen molar-refractivity contribution in [1.82, 2.24) is 14.5 Å². The molecule has 0 spiro atoms. The molecule has 8 nitrogen and oxygen atoms in total. The lowest BCUT2D eigenvalue weighted by Crippen LogP contribution is -2.31. The highest BCUT2D eigenvalue weighted by atomic mass is 35.5. The first-order valence-electron chi connectivity index (χ1n) is 8.86. The second-order valence-electron chi connectivity index (χ2n) is 6.59. The van der Waals surface area contributed by atoms with E-state index in [4.69, 9.17) is 23.1 Å². The van der Waals surface area contributed by atoms with E-state index < -0.39 is 11.5 Å². The topological polar surface area (TPSA) is 144 Å². The molecule has 0 saturated carbocycles. The minimum Gasteiger partial charge on any atom is -0.384 e. The van der Waals surface area contributed by atoms with Crippen LogP contribution < -0.4 is 17.0 Å². The number of amides is 1. The van der Waals surface area contributed by atoms with Crippen LogP contribution >= 0.6 is 11.6 Å². The number of nitrogens with one attached hydrogen (secondary N) is 1. The maximum absolute atomic E-state index is 13.1. The van der Waals surface area contributed by atoms with Crippen LogP contribution in [0, 0.1) is 11.3 Å². The second kappa shape index (κ2) is 7.39. The molecule has 0 radical (unpaired) electrons. The number of nitriles is 1. The maximum Gasteiger partial charge on any atom is 0.271 e. The monoisotopic (exact) mass is 418 g/mol. The van der Waals surface area contributed by atoms with Gasteiger partial charge in [0.25, 0.3) is 11.5 Å². The van der Waals surface area contributed by atoms with Gasteiger partial charge in [-0.05, 0) is 29.8 Å². The molecule has 0 aliphatic rings. The van der Waals surface area contributed by atoms with Gasteiger partial charge in [-0.25, -0.2) is 4.98 Å². The Labute approximate surface area is 175 Å². The average molecular weight is 419 g/mol. The van der Waals surface area contributed by atoms with Crippen LogP contribution in [0.2, 0.25) is 5.02 Å². The molecular formula is C21H15ClN6O2. The number of para-hydroxylation sites is 2. The van der Waals surface area contributed by atoms with Crippen LogP contribution in [0.3, 0.4) is 0 Å². The standard InChI is InChI=1S/C21H15ClN6O2/c22-12-7-5-11(6-8-12)17-13(9-23)21(30)28(19(24)18(17)20(25)29)10-16-26-14-3-1-2-4-15(14)27-16/h1-8H,10,24H2,(H2,25,29)(H,26,27). The number of aromatic amines is 1.